The highest BCUT2D eigenvalue weighted by molar-refractivity contribution is 6.43. The third kappa shape index (κ3) is 3.55. The molecule has 1 unspecified atom stereocenters. The van der Waals surface area contributed by atoms with E-state index >= 15 is 0 Å². The Morgan fingerprint density at radius 1 is 1.37 bits per heavy atom. The summed E-state index contributed by atoms with van der Waals surface area (Å²) in [5.41, 5.74) is 1.51. The topological polar surface area (TPSA) is 50.7 Å². The molecule has 4 nitrogen and oxygen atoms in total. The zero-order chi connectivity index (χ0) is 13.7. The van der Waals surface area contributed by atoms with Crippen LogP contribution in [-0.2, 0) is 4.79 Å². The SMILES string of the molecule is CNC(=O)C1=NC=CC(Oc2cccc(C)c2)C=C1. The molecule has 0 aliphatic carbocycles. The van der Waals surface area contributed by atoms with E-state index in [-0.39, 0.29) is 12.0 Å². The first-order valence-electron chi connectivity index (χ1n) is 6.07. The van der Waals surface area contributed by atoms with Gasteiger partial charge >= 0.3 is 0 Å². The lowest BCUT2D eigenvalue weighted by Gasteiger charge is -2.11. The van der Waals surface area contributed by atoms with Gasteiger partial charge in [0.15, 0.2) is 0 Å². The number of ether oxygens (including phenoxy) is 1. The van der Waals surface area contributed by atoms with E-state index < -0.39 is 0 Å². The van der Waals surface area contributed by atoms with Gasteiger partial charge in [0.05, 0.1) is 0 Å². The molecule has 4 heteroatoms. The molecule has 0 radical (unpaired) electrons. The molecule has 0 bridgehead atoms. The summed E-state index contributed by atoms with van der Waals surface area (Å²) in [5.74, 6) is 0.583. The number of nitrogens with zero attached hydrogens (tertiary/aromatic N) is 1. The van der Waals surface area contributed by atoms with Crippen LogP contribution in [0.3, 0.4) is 0 Å². The minimum Gasteiger partial charge on any atom is -0.482 e. The van der Waals surface area contributed by atoms with E-state index in [0.29, 0.717) is 5.71 Å². The lowest BCUT2D eigenvalue weighted by molar-refractivity contribution is -0.114. The minimum absolute atomic E-state index is 0.211. The highest BCUT2D eigenvalue weighted by Gasteiger charge is 2.10. The van der Waals surface area contributed by atoms with Crippen LogP contribution in [0.1, 0.15) is 5.56 Å². The second-order valence-electron chi connectivity index (χ2n) is 4.19. The average Bonchev–Trinajstić information content (AvgIpc) is 2.63. The van der Waals surface area contributed by atoms with Gasteiger partial charge in [-0.25, -0.2) is 0 Å². The number of aryl methyl sites for hydroxylation is 1. The zero-order valence-electron chi connectivity index (χ0n) is 11.0. The first-order valence-corrected chi connectivity index (χ1v) is 6.07. The Labute approximate surface area is 112 Å². The Balaban J connectivity index is 2.07. The van der Waals surface area contributed by atoms with Crippen molar-refractivity contribution in [2.75, 3.05) is 7.05 Å². The number of rotatable bonds is 3. The largest absolute Gasteiger partial charge is 0.482 e. The smallest absolute Gasteiger partial charge is 0.269 e. The van der Waals surface area contributed by atoms with E-state index in [1.165, 1.54) is 0 Å². The van der Waals surface area contributed by atoms with Crippen LogP contribution >= 0.6 is 0 Å². The highest BCUT2D eigenvalue weighted by atomic mass is 16.5. The van der Waals surface area contributed by atoms with Crippen LogP contribution in [0.4, 0.5) is 0 Å². The first-order chi connectivity index (χ1) is 9.19. The highest BCUT2D eigenvalue weighted by Crippen LogP contribution is 2.15. The lowest BCUT2D eigenvalue weighted by atomic mass is 10.2. The molecule has 1 aliphatic heterocycles. The van der Waals surface area contributed by atoms with Crippen LogP contribution in [0.5, 0.6) is 5.75 Å². The maximum atomic E-state index is 11.5. The molecule has 1 heterocycles. The molecule has 0 spiro atoms. The van der Waals surface area contributed by atoms with Crippen molar-refractivity contribution in [2.24, 2.45) is 4.99 Å². The Kier molecular flexibility index (Phi) is 4.13. The molecular formula is C15H16N2O2. The predicted molar refractivity (Wildman–Crippen MR) is 75.4 cm³/mol. The van der Waals surface area contributed by atoms with E-state index in [4.69, 9.17) is 4.74 Å². The first kappa shape index (κ1) is 13.1. The van der Waals surface area contributed by atoms with Gasteiger partial charge < -0.3 is 10.1 Å². The molecule has 1 aromatic carbocycles. The second kappa shape index (κ2) is 6.00. The van der Waals surface area contributed by atoms with Crippen LogP contribution in [0.2, 0.25) is 0 Å². The molecule has 0 aromatic heterocycles. The summed E-state index contributed by atoms with van der Waals surface area (Å²) in [6.07, 6.45) is 6.63. The molecule has 1 amide bonds. The van der Waals surface area contributed by atoms with Crippen molar-refractivity contribution in [1.82, 2.24) is 5.32 Å². The number of aliphatic imine (C=N–C) groups is 1. The monoisotopic (exact) mass is 256 g/mol. The zero-order valence-corrected chi connectivity index (χ0v) is 11.0. The molecule has 0 fully saturated rings. The molecule has 2 rings (SSSR count). The van der Waals surface area contributed by atoms with E-state index in [9.17, 15) is 4.79 Å². The van der Waals surface area contributed by atoms with Crippen molar-refractivity contribution < 1.29 is 9.53 Å². The van der Waals surface area contributed by atoms with Crippen LogP contribution in [-0.4, -0.2) is 24.8 Å². The van der Waals surface area contributed by atoms with Gasteiger partial charge in [-0.2, -0.15) is 0 Å². The van der Waals surface area contributed by atoms with Crippen LogP contribution in [0.15, 0.2) is 53.7 Å². The Hall–Kier alpha value is -2.36. The Morgan fingerprint density at radius 3 is 2.95 bits per heavy atom. The summed E-state index contributed by atoms with van der Waals surface area (Å²) < 4.78 is 5.80. The fourth-order valence-electron chi connectivity index (χ4n) is 1.69. The number of carbonyl (C=O) groups excluding carboxylic acids is 1. The van der Waals surface area contributed by atoms with Crippen LogP contribution in [0, 0.1) is 6.92 Å². The quantitative estimate of drug-likeness (QED) is 0.899. The number of amides is 1. The molecule has 0 saturated heterocycles. The molecule has 1 aliphatic rings. The van der Waals surface area contributed by atoms with Crippen LogP contribution in [0.25, 0.3) is 0 Å². The summed E-state index contributed by atoms with van der Waals surface area (Å²) in [4.78, 5) is 15.5. The van der Waals surface area contributed by atoms with Crippen molar-refractivity contribution in [3.05, 3.63) is 54.3 Å². The maximum absolute atomic E-state index is 11.5. The molecule has 1 atom stereocenters. The second-order valence-corrected chi connectivity index (χ2v) is 4.19. The Bertz CT molecular complexity index is 559. The fraction of sp³-hybridized carbons (Fsp3) is 0.200. The third-order valence-corrected chi connectivity index (χ3v) is 2.65. The summed E-state index contributed by atoms with van der Waals surface area (Å²) in [7, 11) is 1.58. The van der Waals surface area contributed by atoms with Gasteiger partial charge in [0, 0.05) is 13.2 Å². The van der Waals surface area contributed by atoms with Crippen molar-refractivity contribution >= 4 is 11.6 Å². The molecule has 1 aromatic rings. The van der Waals surface area contributed by atoms with Gasteiger partial charge in [0.2, 0.25) is 0 Å². The van der Waals surface area contributed by atoms with Crippen LogP contribution < -0.4 is 10.1 Å². The maximum Gasteiger partial charge on any atom is 0.269 e. The normalized spacial score (nSPS) is 17.6. The van der Waals surface area contributed by atoms with Gasteiger partial charge in [0.25, 0.3) is 5.91 Å². The minimum atomic E-state index is -0.229. The summed E-state index contributed by atoms with van der Waals surface area (Å²) >= 11 is 0. The van der Waals surface area contributed by atoms with E-state index in [2.05, 4.69) is 10.3 Å². The van der Waals surface area contributed by atoms with Gasteiger partial charge in [-0.1, -0.05) is 12.1 Å². The molecule has 19 heavy (non-hydrogen) atoms. The van der Waals surface area contributed by atoms with Gasteiger partial charge in [-0.05, 0) is 42.8 Å². The molecular weight excluding hydrogens is 240 g/mol. The summed E-state index contributed by atoms with van der Waals surface area (Å²) in [6, 6.07) is 7.83. The number of hydrogen-bond acceptors (Lipinski definition) is 3. The summed E-state index contributed by atoms with van der Waals surface area (Å²) in [6.45, 7) is 2.01. The van der Waals surface area contributed by atoms with E-state index in [1.807, 2.05) is 31.2 Å². The number of benzene rings is 1. The van der Waals surface area contributed by atoms with Gasteiger partial charge in [0.1, 0.15) is 17.6 Å². The van der Waals surface area contributed by atoms with Gasteiger partial charge in [-0.3, -0.25) is 9.79 Å². The molecule has 98 valence electrons. The van der Waals surface area contributed by atoms with E-state index in [1.54, 1.807) is 31.5 Å². The van der Waals surface area contributed by atoms with Crippen molar-refractivity contribution in [1.29, 1.82) is 0 Å². The van der Waals surface area contributed by atoms with Crippen molar-refractivity contribution in [2.45, 2.75) is 13.0 Å². The Morgan fingerprint density at radius 2 is 2.21 bits per heavy atom. The van der Waals surface area contributed by atoms with Gasteiger partial charge in [-0.15, -0.1) is 0 Å². The van der Waals surface area contributed by atoms with Crippen molar-refractivity contribution in [3.8, 4) is 5.75 Å². The molecule has 0 saturated carbocycles. The third-order valence-electron chi connectivity index (χ3n) is 2.65. The standard InChI is InChI=1S/C15H16N2O2/c1-11-4-3-5-13(10-11)19-12-6-7-14(15(18)16-2)17-9-8-12/h3-10,12H,1-2H3,(H,16,18). The van der Waals surface area contributed by atoms with Crippen molar-refractivity contribution in [3.63, 3.8) is 0 Å². The van der Waals surface area contributed by atoms with E-state index in [0.717, 1.165) is 11.3 Å². The summed E-state index contributed by atoms with van der Waals surface area (Å²) in [5, 5.41) is 2.54. The predicted octanol–water partition coefficient (Wildman–Crippen LogP) is 2.01. The lowest BCUT2D eigenvalue weighted by Crippen LogP contribution is -2.26. The molecule has 1 N–H and O–H groups in total. The number of hydrogen-bond donors (Lipinski definition) is 1. The number of nitrogens with one attached hydrogen (secondary N) is 1. The number of carbonyl (C=O) groups is 1. The average molecular weight is 256 g/mol. The fourth-order valence-corrected chi connectivity index (χ4v) is 1.69.